The Morgan fingerprint density at radius 2 is 2.00 bits per heavy atom. The molecule has 0 atom stereocenters. The van der Waals surface area contributed by atoms with Crippen LogP contribution in [-0.2, 0) is 13.0 Å². The minimum absolute atomic E-state index is 0.923. The van der Waals surface area contributed by atoms with E-state index in [4.69, 9.17) is 0 Å². The summed E-state index contributed by atoms with van der Waals surface area (Å²) in [7, 11) is 0. The first-order valence-corrected chi connectivity index (χ1v) is 8.20. The lowest BCUT2D eigenvalue weighted by Gasteiger charge is -2.00. The predicted octanol–water partition coefficient (Wildman–Crippen LogP) is 4.30. The van der Waals surface area contributed by atoms with Gasteiger partial charge in [0.1, 0.15) is 0 Å². The Morgan fingerprint density at radius 3 is 2.68 bits per heavy atom. The Morgan fingerprint density at radius 1 is 1.26 bits per heavy atom. The van der Waals surface area contributed by atoms with Gasteiger partial charge in [-0.05, 0) is 37.6 Å². The molecule has 2 rings (SSSR count). The average molecular weight is 339 g/mol. The first kappa shape index (κ1) is 14.7. The first-order chi connectivity index (χ1) is 9.19. The fourth-order valence-electron chi connectivity index (χ4n) is 1.88. The Kier molecular flexibility index (Phi) is 5.55. The van der Waals surface area contributed by atoms with Gasteiger partial charge in [-0.3, -0.25) is 0 Å². The van der Waals surface area contributed by atoms with E-state index in [2.05, 4.69) is 64.3 Å². The minimum Gasteiger partial charge on any atom is -0.312 e. The van der Waals surface area contributed by atoms with Gasteiger partial charge in [-0.2, -0.15) is 0 Å². The van der Waals surface area contributed by atoms with Gasteiger partial charge < -0.3 is 5.32 Å². The van der Waals surface area contributed by atoms with E-state index < -0.39 is 0 Å². The number of aryl methyl sites for hydroxylation is 1. The molecule has 0 amide bonds. The fourth-order valence-corrected chi connectivity index (χ4v) is 3.22. The number of nitrogens with one attached hydrogen (secondary N) is 1. The molecular weight excluding hydrogens is 320 g/mol. The molecule has 19 heavy (non-hydrogen) atoms. The van der Waals surface area contributed by atoms with Crippen molar-refractivity contribution < 1.29 is 0 Å². The SMILES string of the molecule is CCCNCc1sc(Cc2ccc(Br)cc2)nc1C. The summed E-state index contributed by atoms with van der Waals surface area (Å²) >= 11 is 5.28. The van der Waals surface area contributed by atoms with Crippen LogP contribution in [0.5, 0.6) is 0 Å². The van der Waals surface area contributed by atoms with Gasteiger partial charge in [-0.15, -0.1) is 11.3 Å². The van der Waals surface area contributed by atoms with Gasteiger partial charge in [0.2, 0.25) is 0 Å². The molecule has 0 spiro atoms. The summed E-state index contributed by atoms with van der Waals surface area (Å²) in [6.45, 7) is 6.30. The third-order valence-electron chi connectivity index (χ3n) is 2.92. The van der Waals surface area contributed by atoms with Crippen LogP contribution in [0.3, 0.4) is 0 Å². The lowest BCUT2D eigenvalue weighted by molar-refractivity contribution is 0.678. The van der Waals surface area contributed by atoms with Crippen LogP contribution < -0.4 is 5.32 Å². The van der Waals surface area contributed by atoms with Crippen LogP contribution in [0.4, 0.5) is 0 Å². The Balaban J connectivity index is 2.01. The highest BCUT2D eigenvalue weighted by atomic mass is 79.9. The van der Waals surface area contributed by atoms with Crippen molar-refractivity contribution in [3.05, 3.63) is 49.9 Å². The third kappa shape index (κ3) is 4.41. The molecule has 0 saturated carbocycles. The lowest BCUT2D eigenvalue weighted by atomic mass is 10.2. The molecule has 2 aromatic rings. The monoisotopic (exact) mass is 338 g/mol. The highest BCUT2D eigenvalue weighted by Gasteiger charge is 2.07. The summed E-state index contributed by atoms with van der Waals surface area (Å²) < 4.78 is 1.12. The molecule has 0 saturated heterocycles. The van der Waals surface area contributed by atoms with Crippen molar-refractivity contribution in [2.45, 2.75) is 33.2 Å². The number of nitrogens with zero attached hydrogens (tertiary/aromatic N) is 1. The van der Waals surface area contributed by atoms with Crippen molar-refractivity contribution in [1.29, 1.82) is 0 Å². The molecule has 0 radical (unpaired) electrons. The van der Waals surface area contributed by atoms with Gasteiger partial charge >= 0.3 is 0 Å². The molecule has 2 nitrogen and oxygen atoms in total. The lowest BCUT2D eigenvalue weighted by Crippen LogP contribution is -2.13. The summed E-state index contributed by atoms with van der Waals surface area (Å²) in [6.07, 6.45) is 2.09. The quantitative estimate of drug-likeness (QED) is 0.794. The van der Waals surface area contributed by atoms with Crippen LogP contribution in [0.15, 0.2) is 28.7 Å². The molecule has 0 aliphatic heterocycles. The Bertz CT molecular complexity index is 519. The zero-order valence-corrected chi connectivity index (χ0v) is 13.8. The van der Waals surface area contributed by atoms with E-state index >= 15 is 0 Å². The highest BCUT2D eigenvalue weighted by molar-refractivity contribution is 9.10. The molecular formula is C15H19BrN2S. The molecule has 0 unspecified atom stereocenters. The number of halogens is 1. The van der Waals surface area contributed by atoms with E-state index in [0.29, 0.717) is 0 Å². The summed E-state index contributed by atoms with van der Waals surface area (Å²) in [6, 6.07) is 8.46. The number of thiazole rings is 1. The van der Waals surface area contributed by atoms with Crippen molar-refractivity contribution in [3.63, 3.8) is 0 Å². The maximum absolute atomic E-state index is 4.67. The average Bonchev–Trinajstić information content (AvgIpc) is 2.73. The molecule has 0 bridgehead atoms. The molecule has 1 aromatic carbocycles. The standard InChI is InChI=1S/C15H19BrN2S/c1-3-8-17-10-14-11(2)18-15(19-14)9-12-4-6-13(16)7-5-12/h4-7,17H,3,8-10H2,1-2H3. The van der Waals surface area contributed by atoms with E-state index in [9.17, 15) is 0 Å². The number of hydrogen-bond donors (Lipinski definition) is 1. The van der Waals surface area contributed by atoms with Gasteiger partial charge in [0.25, 0.3) is 0 Å². The first-order valence-electron chi connectivity index (χ1n) is 6.59. The highest BCUT2D eigenvalue weighted by Crippen LogP contribution is 2.21. The zero-order valence-electron chi connectivity index (χ0n) is 11.4. The van der Waals surface area contributed by atoms with E-state index in [1.54, 1.807) is 0 Å². The van der Waals surface area contributed by atoms with Crippen molar-refractivity contribution in [3.8, 4) is 0 Å². The predicted molar refractivity (Wildman–Crippen MR) is 85.8 cm³/mol. The van der Waals surface area contributed by atoms with Gasteiger partial charge in [0.05, 0.1) is 10.7 Å². The van der Waals surface area contributed by atoms with E-state index in [1.165, 1.54) is 27.6 Å². The van der Waals surface area contributed by atoms with Gasteiger partial charge in [0.15, 0.2) is 0 Å². The van der Waals surface area contributed by atoms with E-state index in [-0.39, 0.29) is 0 Å². The Hall–Kier alpha value is -0.710. The number of aromatic nitrogens is 1. The maximum atomic E-state index is 4.67. The van der Waals surface area contributed by atoms with Crippen molar-refractivity contribution in [1.82, 2.24) is 10.3 Å². The molecule has 1 heterocycles. The fraction of sp³-hybridized carbons (Fsp3) is 0.400. The third-order valence-corrected chi connectivity index (χ3v) is 4.60. The second-order valence-electron chi connectivity index (χ2n) is 4.60. The van der Waals surface area contributed by atoms with Crippen LogP contribution in [0.25, 0.3) is 0 Å². The normalized spacial score (nSPS) is 10.9. The van der Waals surface area contributed by atoms with Crippen LogP contribution in [0.1, 0.15) is 34.5 Å². The van der Waals surface area contributed by atoms with E-state index in [0.717, 1.165) is 24.0 Å². The summed E-state index contributed by atoms with van der Waals surface area (Å²) in [5, 5.41) is 4.64. The van der Waals surface area contributed by atoms with Crippen molar-refractivity contribution in [2.24, 2.45) is 0 Å². The molecule has 4 heteroatoms. The Labute approximate surface area is 127 Å². The minimum atomic E-state index is 0.923. The molecule has 0 aliphatic carbocycles. The molecule has 1 aromatic heterocycles. The zero-order chi connectivity index (χ0) is 13.7. The number of rotatable bonds is 6. The van der Waals surface area contributed by atoms with Crippen LogP contribution in [-0.4, -0.2) is 11.5 Å². The second-order valence-corrected chi connectivity index (χ2v) is 6.68. The van der Waals surface area contributed by atoms with Crippen molar-refractivity contribution in [2.75, 3.05) is 6.54 Å². The smallest absolute Gasteiger partial charge is 0.0975 e. The summed E-state index contributed by atoms with van der Waals surface area (Å²) in [5.74, 6) is 0. The van der Waals surface area contributed by atoms with E-state index in [1.807, 2.05) is 11.3 Å². The van der Waals surface area contributed by atoms with Gasteiger partial charge in [-0.25, -0.2) is 4.98 Å². The topological polar surface area (TPSA) is 24.9 Å². The summed E-state index contributed by atoms with van der Waals surface area (Å²) in [5.41, 5.74) is 2.48. The van der Waals surface area contributed by atoms with Crippen LogP contribution in [0.2, 0.25) is 0 Å². The van der Waals surface area contributed by atoms with Gasteiger partial charge in [0, 0.05) is 22.3 Å². The molecule has 0 fully saturated rings. The maximum Gasteiger partial charge on any atom is 0.0975 e. The molecule has 102 valence electrons. The molecule has 1 N–H and O–H groups in total. The second kappa shape index (κ2) is 7.17. The van der Waals surface area contributed by atoms with Crippen LogP contribution >= 0.6 is 27.3 Å². The summed E-state index contributed by atoms with van der Waals surface area (Å²) in [4.78, 5) is 6.04. The molecule has 0 aliphatic rings. The number of benzene rings is 1. The van der Waals surface area contributed by atoms with Gasteiger partial charge in [-0.1, -0.05) is 35.0 Å². The number of hydrogen-bond acceptors (Lipinski definition) is 3. The van der Waals surface area contributed by atoms with Crippen LogP contribution in [0, 0.1) is 6.92 Å². The largest absolute Gasteiger partial charge is 0.312 e. The van der Waals surface area contributed by atoms with Crippen molar-refractivity contribution >= 4 is 27.3 Å².